The number of hydrogen-bond donors (Lipinski definition) is 1. The Bertz CT molecular complexity index is 1480. The molecule has 0 spiro atoms. The first-order valence-electron chi connectivity index (χ1n) is 12.2. The molecule has 1 atom stereocenters. The van der Waals surface area contributed by atoms with Crippen molar-refractivity contribution >= 4 is 53.9 Å². The first-order valence-corrected chi connectivity index (χ1v) is 12.2. The second-order valence-corrected chi connectivity index (χ2v) is 8.35. The van der Waals surface area contributed by atoms with Gasteiger partial charge in [0.2, 0.25) is 6.10 Å². The molecule has 1 N–H and O–H groups in total. The Hall–Kier alpha value is -5.79. The van der Waals surface area contributed by atoms with E-state index in [4.69, 9.17) is 28.4 Å². The van der Waals surface area contributed by atoms with Crippen molar-refractivity contribution in [3.05, 3.63) is 59.7 Å². The fraction of sp³-hybridized carbons (Fsp3) is 0.207. The zero-order valence-electron chi connectivity index (χ0n) is 23.3. The molecular weight excluding hydrogens is 572 g/mol. The van der Waals surface area contributed by atoms with Gasteiger partial charge in [-0.05, 0) is 47.5 Å². The fourth-order valence-corrected chi connectivity index (χ4v) is 3.07. The smallest absolute Gasteiger partial charge is 0.348 e. The number of ether oxygens (including phenoxy) is 6. The summed E-state index contributed by atoms with van der Waals surface area (Å²) in [6, 6.07) is 8.15. The van der Waals surface area contributed by atoms with E-state index in [-0.39, 0.29) is 23.0 Å². The van der Waals surface area contributed by atoms with Crippen LogP contribution in [0.15, 0.2) is 48.6 Å². The molecule has 0 aliphatic rings. The average molecular weight is 599 g/mol. The van der Waals surface area contributed by atoms with Gasteiger partial charge in [-0.15, -0.1) is 0 Å². The third-order valence-electron chi connectivity index (χ3n) is 4.68. The minimum atomic E-state index is -1.85. The highest BCUT2D eigenvalue weighted by atomic mass is 16.6. The molecule has 2 aromatic carbocycles. The highest BCUT2D eigenvalue weighted by Gasteiger charge is 2.23. The summed E-state index contributed by atoms with van der Waals surface area (Å²) in [5.74, 6) is -6.56. The van der Waals surface area contributed by atoms with Gasteiger partial charge in [0, 0.05) is 39.8 Å². The standard InChI is InChI=1S/C29H26O14/c1-16(30)39-22-9-5-20(13-24(22)41-18(3)32)7-11-27(34)38-15-26(29(36)37)43-28(35)12-8-21-6-10-23(40-17(2)31)25(14-21)42-19(4)33/h5-14,26H,15H2,1-4H3,(H,36,37). The minimum Gasteiger partial charge on any atom is -0.478 e. The largest absolute Gasteiger partial charge is 0.478 e. The summed E-state index contributed by atoms with van der Waals surface area (Å²) in [5, 5.41) is 9.36. The van der Waals surface area contributed by atoms with E-state index in [1.807, 2.05) is 0 Å². The van der Waals surface area contributed by atoms with Gasteiger partial charge in [-0.3, -0.25) is 19.2 Å². The summed E-state index contributed by atoms with van der Waals surface area (Å²) in [6.45, 7) is 3.77. The van der Waals surface area contributed by atoms with Gasteiger partial charge < -0.3 is 33.5 Å². The molecule has 2 aromatic rings. The van der Waals surface area contributed by atoms with Crippen LogP contribution in [0.25, 0.3) is 12.2 Å². The molecule has 14 nitrogen and oxygen atoms in total. The van der Waals surface area contributed by atoms with Gasteiger partial charge >= 0.3 is 41.8 Å². The molecule has 0 heterocycles. The summed E-state index contributed by atoms with van der Waals surface area (Å²) in [5.41, 5.74) is 0.651. The molecule has 0 amide bonds. The quantitative estimate of drug-likeness (QED) is 0.213. The van der Waals surface area contributed by atoms with E-state index < -0.39 is 54.5 Å². The maximum atomic E-state index is 12.2. The maximum absolute atomic E-state index is 12.2. The average Bonchev–Trinajstić information content (AvgIpc) is 2.89. The molecule has 0 fully saturated rings. The van der Waals surface area contributed by atoms with E-state index in [0.29, 0.717) is 11.1 Å². The molecule has 14 heteroatoms. The third kappa shape index (κ3) is 12.1. The van der Waals surface area contributed by atoms with Crippen LogP contribution in [0.4, 0.5) is 0 Å². The molecular formula is C29H26O14. The summed E-state index contributed by atoms with van der Waals surface area (Å²) in [7, 11) is 0. The summed E-state index contributed by atoms with van der Waals surface area (Å²) in [4.78, 5) is 81.0. The number of carboxylic acid groups (broad SMARTS) is 1. The van der Waals surface area contributed by atoms with E-state index in [0.717, 1.165) is 39.8 Å². The summed E-state index contributed by atoms with van der Waals surface area (Å²) < 4.78 is 29.6. The Labute approximate surface area is 244 Å². The van der Waals surface area contributed by atoms with Crippen LogP contribution in [-0.2, 0) is 43.0 Å². The number of aliphatic carboxylic acids is 1. The molecule has 0 aliphatic carbocycles. The first kappa shape index (κ1) is 33.4. The molecule has 0 saturated carbocycles. The molecule has 43 heavy (non-hydrogen) atoms. The lowest BCUT2D eigenvalue weighted by molar-refractivity contribution is -0.167. The zero-order valence-corrected chi connectivity index (χ0v) is 23.3. The van der Waals surface area contributed by atoms with Crippen molar-refractivity contribution in [3.8, 4) is 23.0 Å². The number of carboxylic acids is 1. The van der Waals surface area contributed by atoms with E-state index in [9.17, 15) is 38.7 Å². The van der Waals surface area contributed by atoms with Crippen molar-refractivity contribution in [2.45, 2.75) is 33.8 Å². The van der Waals surface area contributed by atoms with Gasteiger partial charge in [-0.1, -0.05) is 12.1 Å². The Kier molecular flexibility index (Phi) is 12.3. The van der Waals surface area contributed by atoms with E-state index >= 15 is 0 Å². The van der Waals surface area contributed by atoms with Crippen molar-refractivity contribution in [1.29, 1.82) is 0 Å². The van der Waals surface area contributed by atoms with Gasteiger partial charge in [-0.25, -0.2) is 14.4 Å². The lowest BCUT2D eigenvalue weighted by atomic mass is 10.2. The highest BCUT2D eigenvalue weighted by molar-refractivity contribution is 5.90. The Balaban J connectivity index is 2.03. The number of benzene rings is 2. The van der Waals surface area contributed by atoms with Crippen LogP contribution in [0.1, 0.15) is 38.8 Å². The van der Waals surface area contributed by atoms with Crippen LogP contribution < -0.4 is 18.9 Å². The van der Waals surface area contributed by atoms with Crippen LogP contribution in [0, 0.1) is 0 Å². The molecule has 1 unspecified atom stereocenters. The SMILES string of the molecule is CC(=O)Oc1ccc(C=CC(=O)OCC(OC(=O)C=Cc2ccc(OC(C)=O)c(OC(C)=O)c2)C(=O)O)cc1OC(C)=O. The van der Waals surface area contributed by atoms with Gasteiger partial charge in [0.1, 0.15) is 6.61 Å². The number of carbonyl (C=O) groups excluding carboxylic acids is 6. The lowest BCUT2D eigenvalue weighted by Crippen LogP contribution is -2.32. The van der Waals surface area contributed by atoms with Crippen LogP contribution in [-0.4, -0.2) is 59.6 Å². The number of hydrogen-bond acceptors (Lipinski definition) is 13. The van der Waals surface area contributed by atoms with Gasteiger partial charge in [0.05, 0.1) is 0 Å². The van der Waals surface area contributed by atoms with Crippen molar-refractivity contribution < 1.29 is 67.1 Å². The Morgan fingerprint density at radius 3 is 1.42 bits per heavy atom. The monoisotopic (exact) mass is 598 g/mol. The second kappa shape index (κ2) is 15.9. The molecule has 2 rings (SSSR count). The summed E-state index contributed by atoms with van der Waals surface area (Å²) in [6.07, 6.45) is 2.46. The van der Waals surface area contributed by atoms with E-state index in [1.54, 1.807) is 0 Å². The second-order valence-electron chi connectivity index (χ2n) is 8.35. The van der Waals surface area contributed by atoms with Gasteiger partial charge in [-0.2, -0.15) is 0 Å². The highest BCUT2D eigenvalue weighted by Crippen LogP contribution is 2.30. The Morgan fingerprint density at radius 2 is 1.02 bits per heavy atom. The van der Waals surface area contributed by atoms with Crippen molar-refractivity contribution in [2.24, 2.45) is 0 Å². The molecule has 226 valence electrons. The minimum absolute atomic E-state index is 0.0218. The number of carbonyl (C=O) groups is 7. The molecule has 0 radical (unpaired) electrons. The fourth-order valence-electron chi connectivity index (χ4n) is 3.07. The van der Waals surface area contributed by atoms with Crippen LogP contribution in [0.5, 0.6) is 23.0 Å². The molecule has 0 aliphatic heterocycles. The molecule has 0 aromatic heterocycles. The number of esters is 6. The predicted octanol–water partition coefficient (Wildman–Crippen LogP) is 2.65. The van der Waals surface area contributed by atoms with Crippen molar-refractivity contribution in [2.75, 3.05) is 6.61 Å². The van der Waals surface area contributed by atoms with Crippen LogP contribution in [0.2, 0.25) is 0 Å². The zero-order chi connectivity index (χ0) is 32.1. The van der Waals surface area contributed by atoms with Crippen LogP contribution >= 0.6 is 0 Å². The van der Waals surface area contributed by atoms with Crippen molar-refractivity contribution in [3.63, 3.8) is 0 Å². The predicted molar refractivity (Wildman–Crippen MR) is 145 cm³/mol. The van der Waals surface area contributed by atoms with Gasteiger partial charge in [0.25, 0.3) is 0 Å². The third-order valence-corrected chi connectivity index (χ3v) is 4.68. The van der Waals surface area contributed by atoms with Gasteiger partial charge in [0.15, 0.2) is 23.0 Å². The summed E-state index contributed by atoms with van der Waals surface area (Å²) >= 11 is 0. The normalized spacial score (nSPS) is 11.3. The maximum Gasteiger partial charge on any atom is 0.348 e. The molecule has 0 bridgehead atoms. The first-order chi connectivity index (χ1) is 20.2. The number of rotatable bonds is 12. The lowest BCUT2D eigenvalue weighted by Gasteiger charge is -2.12. The van der Waals surface area contributed by atoms with Crippen molar-refractivity contribution in [1.82, 2.24) is 0 Å². The van der Waals surface area contributed by atoms with Crippen LogP contribution in [0.3, 0.4) is 0 Å². The van der Waals surface area contributed by atoms with E-state index in [2.05, 4.69) is 0 Å². The van der Waals surface area contributed by atoms with E-state index in [1.165, 1.54) is 48.6 Å². The molecule has 0 saturated heterocycles. The topological polar surface area (TPSA) is 195 Å². The Morgan fingerprint density at radius 1 is 0.628 bits per heavy atom.